The second-order valence-corrected chi connectivity index (χ2v) is 7.27. The van der Waals surface area contributed by atoms with Crippen LogP contribution in [0, 0.1) is 5.82 Å². The summed E-state index contributed by atoms with van der Waals surface area (Å²) in [5.74, 6) is 0.710. The van der Waals surface area contributed by atoms with Gasteiger partial charge in [-0.2, -0.15) is 5.10 Å². The number of hydrogen-bond acceptors (Lipinski definition) is 5. The largest absolute Gasteiger partial charge is 0.457 e. The van der Waals surface area contributed by atoms with E-state index in [1.165, 1.54) is 12.1 Å². The molecule has 154 valence electrons. The summed E-state index contributed by atoms with van der Waals surface area (Å²) in [5.41, 5.74) is 2.52. The number of nitrogens with one attached hydrogen (secondary N) is 1. The van der Waals surface area contributed by atoms with Gasteiger partial charge in [-0.3, -0.25) is 9.48 Å². The summed E-state index contributed by atoms with van der Waals surface area (Å²) in [7, 11) is 0. The summed E-state index contributed by atoms with van der Waals surface area (Å²) in [6, 6.07) is 14.9. The van der Waals surface area contributed by atoms with Crippen molar-refractivity contribution in [2.75, 3.05) is 6.54 Å². The van der Waals surface area contributed by atoms with Gasteiger partial charge in [-0.15, -0.1) is 0 Å². The van der Waals surface area contributed by atoms with Gasteiger partial charge in [0.15, 0.2) is 5.82 Å². The van der Waals surface area contributed by atoms with Gasteiger partial charge in [-0.05, 0) is 48.5 Å². The van der Waals surface area contributed by atoms with Crippen molar-refractivity contribution >= 4 is 17.5 Å². The van der Waals surface area contributed by atoms with Crippen LogP contribution in [0.2, 0.25) is 5.02 Å². The van der Waals surface area contributed by atoms with E-state index in [9.17, 15) is 9.18 Å². The highest BCUT2D eigenvalue weighted by molar-refractivity contribution is 6.30. The van der Waals surface area contributed by atoms with Crippen LogP contribution in [-0.2, 0) is 6.54 Å². The van der Waals surface area contributed by atoms with Gasteiger partial charge in [-0.25, -0.2) is 14.4 Å². The highest BCUT2D eigenvalue weighted by Crippen LogP contribution is 2.28. The Hall–Kier alpha value is -3.78. The second-order valence-electron chi connectivity index (χ2n) is 6.86. The van der Waals surface area contributed by atoms with Crippen LogP contribution < -0.4 is 10.1 Å². The lowest BCUT2D eigenvalue weighted by Gasteiger charge is -2.13. The molecule has 2 aromatic heterocycles. The fourth-order valence-electron chi connectivity index (χ4n) is 3.25. The first-order chi connectivity index (χ1) is 15.1. The molecule has 0 saturated heterocycles. The molecule has 0 unspecified atom stereocenters. The average molecular weight is 436 g/mol. The molecule has 1 amide bonds. The molecule has 5 rings (SSSR count). The smallest absolute Gasteiger partial charge is 0.269 e. The van der Waals surface area contributed by atoms with E-state index in [-0.39, 0.29) is 10.9 Å². The average Bonchev–Trinajstić information content (AvgIpc) is 3.23. The van der Waals surface area contributed by atoms with Crippen LogP contribution in [0.4, 0.5) is 4.39 Å². The first-order valence-electron chi connectivity index (χ1n) is 9.50. The van der Waals surface area contributed by atoms with Crippen molar-refractivity contribution in [1.29, 1.82) is 0 Å². The molecule has 0 spiro atoms. The maximum Gasteiger partial charge on any atom is 0.269 e. The molecule has 1 aliphatic rings. The van der Waals surface area contributed by atoms with Gasteiger partial charge in [0.1, 0.15) is 28.7 Å². The minimum Gasteiger partial charge on any atom is -0.457 e. The summed E-state index contributed by atoms with van der Waals surface area (Å²) in [5, 5.41) is 7.32. The van der Waals surface area contributed by atoms with E-state index in [2.05, 4.69) is 20.4 Å². The molecule has 2 aromatic carbocycles. The third-order valence-corrected chi connectivity index (χ3v) is 5.09. The second kappa shape index (κ2) is 7.81. The van der Waals surface area contributed by atoms with E-state index in [1.54, 1.807) is 41.2 Å². The number of ether oxygens (including phenoxy) is 1. The highest BCUT2D eigenvalue weighted by atomic mass is 35.5. The summed E-state index contributed by atoms with van der Waals surface area (Å²) < 4.78 is 20.9. The zero-order valence-corrected chi connectivity index (χ0v) is 16.8. The van der Waals surface area contributed by atoms with Gasteiger partial charge in [0, 0.05) is 24.4 Å². The molecule has 9 heteroatoms. The topological polar surface area (TPSA) is 81.9 Å². The van der Waals surface area contributed by atoms with E-state index in [0.29, 0.717) is 47.5 Å². The normalized spacial score (nSPS) is 12.9. The molecule has 31 heavy (non-hydrogen) atoms. The zero-order chi connectivity index (χ0) is 21.4. The molecule has 0 aliphatic carbocycles. The van der Waals surface area contributed by atoms with Crippen molar-refractivity contribution < 1.29 is 13.9 Å². The zero-order valence-electron chi connectivity index (χ0n) is 16.0. The Balaban J connectivity index is 1.38. The Morgan fingerprint density at radius 2 is 1.84 bits per heavy atom. The van der Waals surface area contributed by atoms with Gasteiger partial charge in [0.2, 0.25) is 0 Å². The molecular weight excluding hydrogens is 421 g/mol. The number of aromatic nitrogens is 4. The van der Waals surface area contributed by atoms with Crippen molar-refractivity contribution in [2.45, 2.75) is 6.54 Å². The molecule has 0 atom stereocenters. The first kappa shape index (κ1) is 19.2. The molecule has 0 saturated carbocycles. The van der Waals surface area contributed by atoms with Crippen LogP contribution in [-0.4, -0.2) is 32.2 Å². The Bertz CT molecular complexity index is 1290. The number of nitrogens with zero attached hydrogens (tertiary/aromatic N) is 4. The molecular formula is C22H15ClFN5O2. The van der Waals surface area contributed by atoms with E-state index in [1.807, 2.05) is 12.1 Å². The first-order valence-corrected chi connectivity index (χ1v) is 9.87. The van der Waals surface area contributed by atoms with Gasteiger partial charge < -0.3 is 10.1 Å². The standard InChI is InChI=1S/C22H15ClFN5O2/c23-16-6-5-15(11-17(16)24)31-14-3-1-13(2-4-14)21-25-8-7-18(27-21)19-12-20-22(30)26-9-10-29(20)28-19/h1-8,11-12H,9-10H2,(H,26,30). The van der Waals surface area contributed by atoms with E-state index < -0.39 is 5.82 Å². The molecule has 0 fully saturated rings. The summed E-state index contributed by atoms with van der Waals surface area (Å²) in [6.45, 7) is 1.18. The lowest BCUT2D eigenvalue weighted by Crippen LogP contribution is -2.35. The van der Waals surface area contributed by atoms with Crippen LogP contribution in [0.25, 0.3) is 22.8 Å². The van der Waals surface area contributed by atoms with E-state index in [4.69, 9.17) is 16.3 Å². The molecule has 3 heterocycles. The predicted octanol–water partition coefficient (Wildman–Crippen LogP) is 4.34. The monoisotopic (exact) mass is 435 g/mol. The Kier molecular flexibility index (Phi) is 4.83. The number of amides is 1. The number of hydrogen-bond donors (Lipinski definition) is 1. The minimum absolute atomic E-state index is 0.0407. The van der Waals surface area contributed by atoms with Gasteiger partial charge in [0.25, 0.3) is 5.91 Å². The number of benzene rings is 2. The Morgan fingerprint density at radius 3 is 2.61 bits per heavy atom. The summed E-state index contributed by atoms with van der Waals surface area (Å²) >= 11 is 5.70. The number of carbonyl (C=O) groups is 1. The lowest BCUT2D eigenvalue weighted by atomic mass is 10.2. The maximum atomic E-state index is 13.6. The molecule has 0 bridgehead atoms. The predicted molar refractivity (Wildman–Crippen MR) is 113 cm³/mol. The molecule has 0 radical (unpaired) electrons. The van der Waals surface area contributed by atoms with Gasteiger partial charge in [-0.1, -0.05) is 11.6 Å². The van der Waals surface area contributed by atoms with Crippen LogP contribution in [0.15, 0.2) is 60.8 Å². The van der Waals surface area contributed by atoms with Crippen LogP contribution in [0.3, 0.4) is 0 Å². The fourth-order valence-corrected chi connectivity index (χ4v) is 3.37. The van der Waals surface area contributed by atoms with Crippen molar-refractivity contribution in [1.82, 2.24) is 25.1 Å². The number of fused-ring (bicyclic) bond motifs is 1. The maximum absolute atomic E-state index is 13.6. The summed E-state index contributed by atoms with van der Waals surface area (Å²) in [6.07, 6.45) is 1.65. The van der Waals surface area contributed by atoms with Crippen LogP contribution in [0.1, 0.15) is 10.5 Å². The van der Waals surface area contributed by atoms with Crippen molar-refractivity contribution in [3.05, 3.63) is 77.3 Å². The van der Waals surface area contributed by atoms with Gasteiger partial charge in [0.05, 0.1) is 17.3 Å². The number of rotatable bonds is 4. The number of halogens is 2. The quantitative estimate of drug-likeness (QED) is 0.515. The van der Waals surface area contributed by atoms with E-state index >= 15 is 0 Å². The third kappa shape index (κ3) is 3.85. The van der Waals surface area contributed by atoms with Gasteiger partial charge >= 0.3 is 0 Å². The Morgan fingerprint density at radius 1 is 1.03 bits per heavy atom. The summed E-state index contributed by atoms with van der Waals surface area (Å²) in [4.78, 5) is 20.9. The molecule has 7 nitrogen and oxygen atoms in total. The van der Waals surface area contributed by atoms with Crippen LogP contribution in [0.5, 0.6) is 11.5 Å². The van der Waals surface area contributed by atoms with Crippen molar-refractivity contribution in [2.24, 2.45) is 0 Å². The Labute approximate surface area is 181 Å². The lowest BCUT2D eigenvalue weighted by molar-refractivity contribution is 0.0924. The van der Waals surface area contributed by atoms with E-state index in [0.717, 1.165) is 5.56 Å². The molecule has 1 aliphatic heterocycles. The molecule has 4 aromatic rings. The highest BCUT2D eigenvalue weighted by Gasteiger charge is 2.20. The van der Waals surface area contributed by atoms with Crippen LogP contribution >= 0.6 is 11.6 Å². The SMILES string of the molecule is O=C1NCCn2nc(-c3ccnc(-c4ccc(Oc5ccc(Cl)c(F)c5)cc4)n3)cc21. The van der Waals surface area contributed by atoms with Crippen molar-refractivity contribution in [3.63, 3.8) is 0 Å². The molecule has 1 N–H and O–H groups in total. The fraction of sp³-hybridized carbons (Fsp3) is 0.0909. The number of carbonyl (C=O) groups excluding carboxylic acids is 1. The van der Waals surface area contributed by atoms with Crippen molar-refractivity contribution in [3.8, 4) is 34.3 Å². The minimum atomic E-state index is -0.542. The third-order valence-electron chi connectivity index (χ3n) is 4.78.